The van der Waals surface area contributed by atoms with E-state index in [-0.39, 0.29) is 63.8 Å². The largest absolute Gasteiger partial charge is 1.00 e. The van der Waals surface area contributed by atoms with Gasteiger partial charge < -0.3 is 9.12 Å². The Bertz CT molecular complexity index is 882. The zero-order chi connectivity index (χ0) is 15.1. The third kappa shape index (κ3) is 3.79. The minimum Gasteiger partial charge on any atom is -0.739 e. The van der Waals surface area contributed by atoms with Crippen LogP contribution < -0.4 is 40.8 Å². The molecule has 0 radical (unpaired) electrons. The van der Waals surface area contributed by atoms with Gasteiger partial charge in [-0.05, 0) is 10.8 Å². The summed E-state index contributed by atoms with van der Waals surface area (Å²) in [5, 5.41) is 0. The van der Waals surface area contributed by atoms with Gasteiger partial charge in [0, 0.05) is 26.4 Å². The van der Waals surface area contributed by atoms with E-state index in [2.05, 4.69) is 4.98 Å². The molecule has 0 fully saturated rings. The maximum absolute atomic E-state index is 12.0. The van der Waals surface area contributed by atoms with Gasteiger partial charge in [-0.2, -0.15) is 0 Å². The summed E-state index contributed by atoms with van der Waals surface area (Å²) in [4.78, 5) is 27.7. The van der Waals surface area contributed by atoms with E-state index < -0.39 is 20.4 Å². The molecular formula is C9H11N4NaO5S2. The minimum atomic E-state index is -4.37. The molecule has 0 aliphatic heterocycles. The fraction of sp³-hybridized carbons (Fsp3) is 0.444. The van der Waals surface area contributed by atoms with Crippen LogP contribution in [0.15, 0.2) is 15.9 Å². The average molecular weight is 342 g/mol. The molecule has 2 aromatic rings. The van der Waals surface area contributed by atoms with E-state index in [4.69, 9.17) is 0 Å². The van der Waals surface area contributed by atoms with Crippen LogP contribution in [-0.4, -0.2) is 37.4 Å². The fourth-order valence-corrected chi connectivity index (χ4v) is 3.12. The standard InChI is InChI=1S/C9H12N4O5S2.Na/c1-11-7-6(8(14)12(2)9(11)15)13(5-10-7)3-4-19-20(16,17)18;/h5H,3-4H2,1-2H3,(H,16,17,18);/q;+1/p-1. The summed E-state index contributed by atoms with van der Waals surface area (Å²) in [5.41, 5.74) is -0.605. The topological polar surface area (TPSA) is 119 Å². The Morgan fingerprint density at radius 3 is 2.48 bits per heavy atom. The zero-order valence-electron chi connectivity index (χ0n) is 11.6. The van der Waals surface area contributed by atoms with Crippen LogP contribution in [0.4, 0.5) is 0 Å². The predicted molar refractivity (Wildman–Crippen MR) is 72.4 cm³/mol. The van der Waals surface area contributed by atoms with Crippen molar-refractivity contribution >= 4 is 31.1 Å². The number of hydrogen-bond donors (Lipinski definition) is 0. The van der Waals surface area contributed by atoms with Gasteiger partial charge in [0.15, 0.2) is 11.2 Å². The SMILES string of the molecule is Cn1c(=O)c2c(ncn2CCSS(=O)(=O)[O-])n(C)c1=O.[Na+]. The maximum Gasteiger partial charge on any atom is 1.00 e. The van der Waals surface area contributed by atoms with E-state index in [9.17, 15) is 22.6 Å². The Morgan fingerprint density at radius 1 is 1.29 bits per heavy atom. The molecule has 9 nitrogen and oxygen atoms in total. The van der Waals surface area contributed by atoms with Gasteiger partial charge in [0.25, 0.3) is 5.56 Å². The summed E-state index contributed by atoms with van der Waals surface area (Å²) in [6.07, 6.45) is 1.34. The smallest absolute Gasteiger partial charge is 0.739 e. The normalized spacial score (nSPS) is 11.6. The third-order valence-corrected chi connectivity index (χ3v) is 4.78. The van der Waals surface area contributed by atoms with Crippen LogP contribution in [0, 0.1) is 0 Å². The van der Waals surface area contributed by atoms with E-state index >= 15 is 0 Å². The summed E-state index contributed by atoms with van der Waals surface area (Å²) in [6.45, 7) is 0.121. The van der Waals surface area contributed by atoms with Crippen molar-refractivity contribution in [3.63, 3.8) is 0 Å². The van der Waals surface area contributed by atoms with Gasteiger partial charge in [-0.1, -0.05) is 0 Å². The van der Waals surface area contributed by atoms with Gasteiger partial charge in [0.1, 0.15) is 9.15 Å². The Morgan fingerprint density at radius 2 is 1.90 bits per heavy atom. The van der Waals surface area contributed by atoms with Gasteiger partial charge in [0.2, 0.25) is 0 Å². The number of aryl methyl sites for hydroxylation is 2. The molecule has 0 saturated carbocycles. The number of rotatable bonds is 4. The molecular weight excluding hydrogens is 331 g/mol. The molecule has 0 saturated heterocycles. The Balaban J connectivity index is 0.00000220. The molecule has 12 heteroatoms. The Hall–Kier alpha value is -0.590. The monoisotopic (exact) mass is 342 g/mol. The molecule has 110 valence electrons. The zero-order valence-corrected chi connectivity index (χ0v) is 15.3. The number of nitrogens with zero attached hydrogens (tertiary/aromatic N) is 4. The molecule has 0 atom stereocenters. The first-order chi connectivity index (χ1) is 9.22. The van der Waals surface area contributed by atoms with Gasteiger partial charge in [-0.3, -0.25) is 13.9 Å². The van der Waals surface area contributed by atoms with Crippen molar-refractivity contribution in [2.24, 2.45) is 14.1 Å². The number of hydrogen-bond acceptors (Lipinski definition) is 7. The van der Waals surface area contributed by atoms with Crippen molar-refractivity contribution in [2.75, 3.05) is 5.75 Å². The Kier molecular flexibility index (Phi) is 5.86. The van der Waals surface area contributed by atoms with Gasteiger partial charge in [-0.15, -0.1) is 0 Å². The first kappa shape index (κ1) is 18.5. The molecule has 0 aliphatic rings. The van der Waals surface area contributed by atoms with Gasteiger partial charge in [-0.25, -0.2) is 18.2 Å². The first-order valence-electron chi connectivity index (χ1n) is 5.43. The van der Waals surface area contributed by atoms with Crippen molar-refractivity contribution in [1.29, 1.82) is 0 Å². The molecule has 2 rings (SSSR count). The number of fused-ring (bicyclic) bond motifs is 1. The van der Waals surface area contributed by atoms with E-state index in [0.29, 0.717) is 0 Å². The Labute approximate surface area is 145 Å². The molecule has 0 aromatic carbocycles. The molecule has 0 bridgehead atoms. The molecule has 2 aromatic heterocycles. The predicted octanol–water partition coefficient (Wildman–Crippen LogP) is -4.37. The van der Waals surface area contributed by atoms with Crippen LogP contribution >= 0.6 is 10.8 Å². The van der Waals surface area contributed by atoms with E-state index in [1.807, 2.05) is 0 Å². The quantitative estimate of drug-likeness (QED) is 0.313. The number of imidazole rings is 1. The molecule has 2 heterocycles. The molecule has 0 spiro atoms. The van der Waals surface area contributed by atoms with E-state index in [1.165, 1.54) is 29.6 Å². The summed E-state index contributed by atoms with van der Waals surface area (Å²) < 4.78 is 35.1. The minimum absolute atomic E-state index is 0. The fourth-order valence-electron chi connectivity index (χ4n) is 1.80. The third-order valence-electron chi connectivity index (χ3n) is 2.78. The van der Waals surface area contributed by atoms with Crippen molar-refractivity contribution in [2.45, 2.75) is 6.54 Å². The van der Waals surface area contributed by atoms with Crippen molar-refractivity contribution in [3.8, 4) is 0 Å². The summed E-state index contributed by atoms with van der Waals surface area (Å²) in [5.74, 6) is -0.0106. The van der Waals surface area contributed by atoms with Crippen LogP contribution in [0.3, 0.4) is 0 Å². The summed E-state index contributed by atoms with van der Waals surface area (Å²) in [7, 11) is -1.29. The second kappa shape index (κ2) is 6.67. The molecule has 0 N–H and O–H groups in total. The first-order valence-corrected chi connectivity index (χ1v) is 8.34. The van der Waals surface area contributed by atoms with Gasteiger partial charge >= 0.3 is 35.2 Å². The molecule has 0 amide bonds. The van der Waals surface area contributed by atoms with Crippen LogP contribution in [0.25, 0.3) is 11.2 Å². The van der Waals surface area contributed by atoms with Crippen molar-refractivity contribution in [3.05, 3.63) is 27.2 Å². The van der Waals surface area contributed by atoms with E-state index in [1.54, 1.807) is 0 Å². The van der Waals surface area contributed by atoms with E-state index in [0.717, 1.165) is 4.57 Å². The number of aromatic nitrogens is 4. The second-order valence-corrected chi connectivity index (χ2v) is 7.44. The molecule has 21 heavy (non-hydrogen) atoms. The average Bonchev–Trinajstić information content (AvgIpc) is 2.76. The van der Waals surface area contributed by atoms with Gasteiger partial charge in [0.05, 0.1) is 6.33 Å². The van der Waals surface area contributed by atoms with Crippen molar-refractivity contribution < 1.29 is 42.5 Å². The van der Waals surface area contributed by atoms with Crippen LogP contribution in [-0.2, 0) is 29.8 Å². The second-order valence-electron chi connectivity index (χ2n) is 4.05. The van der Waals surface area contributed by atoms with Crippen LogP contribution in [0.2, 0.25) is 0 Å². The summed E-state index contributed by atoms with van der Waals surface area (Å²) in [6, 6.07) is 0. The summed E-state index contributed by atoms with van der Waals surface area (Å²) >= 11 is 0. The van der Waals surface area contributed by atoms with Crippen LogP contribution in [0.5, 0.6) is 0 Å². The van der Waals surface area contributed by atoms with Crippen LogP contribution in [0.1, 0.15) is 0 Å². The van der Waals surface area contributed by atoms with Crippen molar-refractivity contribution in [1.82, 2.24) is 18.7 Å². The molecule has 0 unspecified atom stereocenters. The maximum atomic E-state index is 12.0. The molecule has 0 aliphatic carbocycles.